The van der Waals surface area contributed by atoms with Crippen molar-refractivity contribution in [2.45, 2.75) is 31.8 Å². The zero-order chi connectivity index (χ0) is 17.2. The minimum Gasteiger partial charge on any atom is -0.317 e. The van der Waals surface area contributed by atoms with Crippen molar-refractivity contribution >= 4 is 27.3 Å². The molecule has 9 nitrogen and oxygen atoms in total. The number of aromatic nitrogens is 3. The Labute approximate surface area is 137 Å². The molecule has 1 N–H and O–H groups in total. The van der Waals surface area contributed by atoms with E-state index in [1.54, 1.807) is 4.57 Å². The van der Waals surface area contributed by atoms with Crippen LogP contribution in [0.4, 0.5) is 5.69 Å². The average molecular weight is 360 g/mol. The Morgan fingerprint density at radius 2 is 2.13 bits per heavy atom. The van der Waals surface area contributed by atoms with Gasteiger partial charge in [-0.25, -0.2) is 13.1 Å². The first kappa shape index (κ1) is 17.3. The number of nitro groups is 1. The molecule has 1 aromatic heterocycles. The first-order valence-electron chi connectivity index (χ1n) is 6.57. The summed E-state index contributed by atoms with van der Waals surface area (Å²) in [5.74, 6) is 0.434. The number of sulfonamides is 1. The second kappa shape index (κ2) is 6.60. The Balaban J connectivity index is 2.31. The summed E-state index contributed by atoms with van der Waals surface area (Å²) >= 11 is 5.89. The fraction of sp³-hybridized carbons (Fsp3) is 0.333. The second-order valence-corrected chi connectivity index (χ2v) is 6.84. The van der Waals surface area contributed by atoms with Crippen LogP contribution >= 0.6 is 11.6 Å². The highest BCUT2D eigenvalue weighted by molar-refractivity contribution is 7.89. The molecule has 0 saturated heterocycles. The highest BCUT2D eigenvalue weighted by Crippen LogP contribution is 2.29. The van der Waals surface area contributed by atoms with Crippen molar-refractivity contribution in [3.8, 4) is 0 Å². The summed E-state index contributed by atoms with van der Waals surface area (Å²) in [6.45, 7) is 3.82. The standard InChI is InChI=1S/C12H14ClN5O4S/c1-3-17-7-14-16-12(17)6-15-23(21,22)9-4-10(13)8(2)11(5-9)18(19)20/h4-5,7,15H,3,6H2,1-2H3. The van der Waals surface area contributed by atoms with Gasteiger partial charge in [0.25, 0.3) is 5.69 Å². The maximum Gasteiger partial charge on any atom is 0.275 e. The van der Waals surface area contributed by atoms with Gasteiger partial charge >= 0.3 is 0 Å². The van der Waals surface area contributed by atoms with E-state index in [1.807, 2.05) is 6.92 Å². The fourth-order valence-electron chi connectivity index (χ4n) is 1.91. The number of hydrogen-bond acceptors (Lipinski definition) is 6. The van der Waals surface area contributed by atoms with E-state index in [1.165, 1.54) is 19.3 Å². The van der Waals surface area contributed by atoms with E-state index in [4.69, 9.17) is 11.6 Å². The lowest BCUT2D eigenvalue weighted by Crippen LogP contribution is -2.25. The van der Waals surface area contributed by atoms with Gasteiger partial charge in [0.2, 0.25) is 10.0 Å². The van der Waals surface area contributed by atoms with Crippen molar-refractivity contribution < 1.29 is 13.3 Å². The van der Waals surface area contributed by atoms with Gasteiger partial charge in [-0.3, -0.25) is 10.1 Å². The summed E-state index contributed by atoms with van der Waals surface area (Å²) in [6.07, 6.45) is 1.48. The number of hydrogen-bond donors (Lipinski definition) is 1. The molecule has 0 radical (unpaired) electrons. The first-order chi connectivity index (χ1) is 10.8. The minimum absolute atomic E-state index is 0.0105. The normalized spacial score (nSPS) is 11.6. The van der Waals surface area contributed by atoms with Crippen LogP contribution in [-0.4, -0.2) is 28.1 Å². The molecule has 11 heteroatoms. The van der Waals surface area contributed by atoms with Crippen LogP contribution in [0.15, 0.2) is 23.4 Å². The van der Waals surface area contributed by atoms with E-state index in [0.717, 1.165) is 6.07 Å². The highest BCUT2D eigenvalue weighted by Gasteiger charge is 2.22. The van der Waals surface area contributed by atoms with E-state index < -0.39 is 14.9 Å². The Bertz CT molecular complexity index is 849. The zero-order valence-electron chi connectivity index (χ0n) is 12.4. The molecule has 0 fully saturated rings. The predicted molar refractivity (Wildman–Crippen MR) is 82.6 cm³/mol. The summed E-state index contributed by atoms with van der Waals surface area (Å²) in [4.78, 5) is 10.0. The topological polar surface area (TPSA) is 120 Å². The summed E-state index contributed by atoms with van der Waals surface area (Å²) in [5.41, 5.74) is -0.143. The van der Waals surface area contributed by atoms with E-state index in [2.05, 4.69) is 14.9 Å². The zero-order valence-corrected chi connectivity index (χ0v) is 13.9. The van der Waals surface area contributed by atoms with Crippen LogP contribution in [0.5, 0.6) is 0 Å². The van der Waals surface area contributed by atoms with E-state index in [0.29, 0.717) is 12.4 Å². The summed E-state index contributed by atoms with van der Waals surface area (Å²) in [7, 11) is -3.98. The van der Waals surface area contributed by atoms with Gasteiger partial charge in [0.1, 0.15) is 12.2 Å². The number of halogens is 1. The molecule has 2 rings (SSSR count). The molecule has 23 heavy (non-hydrogen) atoms. The quantitative estimate of drug-likeness (QED) is 0.618. The van der Waals surface area contributed by atoms with Gasteiger partial charge in [-0.05, 0) is 19.9 Å². The average Bonchev–Trinajstić information content (AvgIpc) is 2.95. The highest BCUT2D eigenvalue weighted by atomic mass is 35.5. The molecule has 0 bridgehead atoms. The Kier molecular flexibility index (Phi) is 4.97. The van der Waals surface area contributed by atoms with Crippen molar-refractivity contribution in [1.29, 1.82) is 0 Å². The Hall–Kier alpha value is -2.04. The fourth-order valence-corrected chi connectivity index (χ4v) is 3.21. The van der Waals surface area contributed by atoms with Crippen LogP contribution in [0.25, 0.3) is 0 Å². The number of benzene rings is 1. The monoisotopic (exact) mass is 359 g/mol. The number of nitrogens with zero attached hydrogens (tertiary/aromatic N) is 4. The molecule has 0 saturated carbocycles. The molecule has 0 aliphatic heterocycles. The van der Waals surface area contributed by atoms with Crippen LogP contribution in [0.2, 0.25) is 5.02 Å². The second-order valence-electron chi connectivity index (χ2n) is 4.66. The molecule has 0 unspecified atom stereocenters. The van der Waals surface area contributed by atoms with Crippen LogP contribution in [-0.2, 0) is 23.1 Å². The van der Waals surface area contributed by atoms with Gasteiger partial charge in [-0.2, -0.15) is 0 Å². The van der Waals surface area contributed by atoms with Gasteiger partial charge in [0.05, 0.1) is 21.4 Å². The Morgan fingerprint density at radius 3 is 2.74 bits per heavy atom. The number of aryl methyl sites for hydroxylation is 1. The SMILES string of the molecule is CCn1cnnc1CNS(=O)(=O)c1cc(Cl)c(C)c([N+](=O)[O-])c1. The van der Waals surface area contributed by atoms with Gasteiger partial charge < -0.3 is 4.57 Å². The summed E-state index contributed by atoms with van der Waals surface area (Å²) in [6, 6.07) is 2.16. The number of nitro benzene ring substituents is 1. The number of nitrogens with one attached hydrogen (secondary N) is 1. The molecule has 2 aromatic rings. The maximum absolute atomic E-state index is 12.3. The Morgan fingerprint density at radius 1 is 1.43 bits per heavy atom. The van der Waals surface area contributed by atoms with Crippen LogP contribution in [0, 0.1) is 17.0 Å². The van der Waals surface area contributed by atoms with E-state index in [9.17, 15) is 18.5 Å². The largest absolute Gasteiger partial charge is 0.317 e. The van der Waals surface area contributed by atoms with Gasteiger partial charge in [-0.15, -0.1) is 10.2 Å². The van der Waals surface area contributed by atoms with Gasteiger partial charge in [-0.1, -0.05) is 11.6 Å². The van der Waals surface area contributed by atoms with Crippen molar-refractivity contribution in [1.82, 2.24) is 19.5 Å². The molecule has 0 atom stereocenters. The van der Waals surface area contributed by atoms with Crippen molar-refractivity contribution in [3.05, 3.63) is 45.0 Å². The molecule has 1 aromatic carbocycles. The molecular formula is C12H14ClN5O4S. The lowest BCUT2D eigenvalue weighted by Gasteiger charge is -2.09. The summed E-state index contributed by atoms with van der Waals surface area (Å²) in [5, 5.41) is 18.5. The van der Waals surface area contributed by atoms with Crippen molar-refractivity contribution in [2.24, 2.45) is 0 Å². The molecule has 124 valence electrons. The third kappa shape index (κ3) is 3.66. The molecule has 0 spiro atoms. The molecule has 0 aliphatic carbocycles. The lowest BCUT2D eigenvalue weighted by atomic mass is 10.2. The lowest BCUT2D eigenvalue weighted by molar-refractivity contribution is -0.385. The third-order valence-electron chi connectivity index (χ3n) is 3.25. The molecular weight excluding hydrogens is 346 g/mol. The molecule has 1 heterocycles. The maximum atomic E-state index is 12.3. The third-order valence-corrected chi connectivity index (χ3v) is 5.03. The molecule has 0 amide bonds. The minimum atomic E-state index is -3.98. The van der Waals surface area contributed by atoms with Crippen molar-refractivity contribution in [2.75, 3.05) is 0 Å². The number of rotatable bonds is 6. The smallest absolute Gasteiger partial charge is 0.275 e. The van der Waals surface area contributed by atoms with Gasteiger partial charge in [0, 0.05) is 18.2 Å². The van der Waals surface area contributed by atoms with Gasteiger partial charge in [0.15, 0.2) is 0 Å². The van der Waals surface area contributed by atoms with E-state index in [-0.39, 0.29) is 27.7 Å². The van der Waals surface area contributed by atoms with E-state index >= 15 is 0 Å². The molecule has 0 aliphatic rings. The van der Waals surface area contributed by atoms with Crippen LogP contribution < -0.4 is 4.72 Å². The summed E-state index contributed by atoms with van der Waals surface area (Å²) < 4.78 is 28.6. The first-order valence-corrected chi connectivity index (χ1v) is 8.43. The predicted octanol–water partition coefficient (Wildman–Crippen LogP) is 1.65. The van der Waals surface area contributed by atoms with Crippen molar-refractivity contribution in [3.63, 3.8) is 0 Å². The van der Waals surface area contributed by atoms with Crippen LogP contribution in [0.1, 0.15) is 18.3 Å². The van der Waals surface area contributed by atoms with Crippen LogP contribution in [0.3, 0.4) is 0 Å².